The maximum absolute atomic E-state index is 15.1. The third-order valence-corrected chi connectivity index (χ3v) is 6.97. The predicted molar refractivity (Wildman–Crippen MR) is 152 cm³/mol. The fourth-order valence-corrected chi connectivity index (χ4v) is 4.77. The quantitative estimate of drug-likeness (QED) is 0.295. The average Bonchev–Trinajstić information content (AvgIpc) is 3.17. The van der Waals surface area contributed by atoms with Crippen LogP contribution >= 0.6 is 44.1 Å². The lowest BCUT2D eigenvalue weighted by Crippen LogP contribution is -2.32. The van der Waals surface area contributed by atoms with Gasteiger partial charge in [0.2, 0.25) is 5.43 Å². The Kier molecular flexibility index (Phi) is 8.07. The molecule has 0 saturated carbocycles. The van der Waals surface area contributed by atoms with Crippen molar-refractivity contribution in [3.05, 3.63) is 85.1 Å². The fourth-order valence-electron chi connectivity index (χ4n) is 3.71. The lowest BCUT2D eigenvalue weighted by molar-refractivity contribution is 0.143. The maximum atomic E-state index is 15.1. The molecule has 0 unspecified atom stereocenters. The summed E-state index contributed by atoms with van der Waals surface area (Å²) in [6.07, 6.45) is -0.962. The van der Waals surface area contributed by atoms with Crippen molar-refractivity contribution in [2.75, 3.05) is 23.3 Å². The van der Waals surface area contributed by atoms with Crippen LogP contribution in [0.2, 0.25) is 0 Å². The highest BCUT2D eigenvalue weighted by molar-refractivity contribution is 9.11. The molecule has 3 aromatic rings. The highest BCUT2D eigenvalue weighted by atomic mass is 79.9. The number of amides is 1. The molecule has 1 amide bonds. The maximum Gasteiger partial charge on any atom is 0.414 e. The van der Waals surface area contributed by atoms with E-state index in [2.05, 4.69) is 42.5 Å². The van der Waals surface area contributed by atoms with Crippen molar-refractivity contribution in [3.63, 3.8) is 0 Å². The van der Waals surface area contributed by atoms with E-state index in [9.17, 15) is 9.59 Å². The summed E-state index contributed by atoms with van der Waals surface area (Å²) in [4.78, 5) is 27.3. The highest BCUT2D eigenvalue weighted by Gasteiger charge is 2.32. The van der Waals surface area contributed by atoms with Gasteiger partial charge in [-0.3, -0.25) is 9.69 Å². The summed E-state index contributed by atoms with van der Waals surface area (Å²) < 4.78 is 21.2. The average molecular weight is 635 g/mol. The molecule has 0 bridgehead atoms. The Morgan fingerprint density at radius 2 is 1.78 bits per heavy atom. The first-order chi connectivity index (χ1) is 17.1. The van der Waals surface area contributed by atoms with Crippen LogP contribution in [0.15, 0.2) is 68.3 Å². The first-order valence-electron chi connectivity index (χ1n) is 11.0. The number of benzene rings is 2. The number of anilines is 3. The second kappa shape index (κ2) is 11.1. The van der Waals surface area contributed by atoms with Crippen LogP contribution in [0.1, 0.15) is 12.5 Å². The fraction of sp³-hybridized carbons (Fsp3) is 0.192. The Morgan fingerprint density at radius 3 is 2.44 bits per heavy atom. The third-order valence-electron chi connectivity index (χ3n) is 5.61. The van der Waals surface area contributed by atoms with E-state index in [1.165, 1.54) is 17.0 Å². The van der Waals surface area contributed by atoms with E-state index in [0.717, 1.165) is 16.7 Å². The number of ether oxygens (including phenoxy) is 1. The molecule has 186 valence electrons. The second-order valence-corrected chi connectivity index (χ2v) is 10.7. The zero-order valence-corrected chi connectivity index (χ0v) is 23.4. The van der Waals surface area contributed by atoms with E-state index in [0.29, 0.717) is 26.2 Å². The van der Waals surface area contributed by atoms with Crippen LogP contribution < -0.4 is 21.0 Å². The van der Waals surface area contributed by atoms with E-state index in [1.807, 2.05) is 37.3 Å². The lowest BCUT2D eigenvalue weighted by Gasteiger charge is -2.15. The van der Waals surface area contributed by atoms with Gasteiger partial charge in [-0.25, -0.2) is 9.18 Å². The summed E-state index contributed by atoms with van der Waals surface area (Å²) >= 11 is 11.8. The van der Waals surface area contributed by atoms with E-state index in [1.54, 1.807) is 19.1 Å². The number of halogens is 3. The van der Waals surface area contributed by atoms with Gasteiger partial charge in [0.15, 0.2) is 0 Å². The van der Waals surface area contributed by atoms with Crippen molar-refractivity contribution < 1.29 is 13.9 Å². The summed E-state index contributed by atoms with van der Waals surface area (Å²) in [7, 11) is 0. The number of hydrogen-bond acceptors (Lipinski definition) is 5. The standard InChI is InChI=1S/C26H22Br2FN3O3S/c1-14-3-5-16(6-4-14)17-9-20(27)24(25(33)21(28)10-17)31-23-8-7-18(11-22(23)29)32-13-19(35-26(32)34)12-30-15(2)36/h3-11,19H,12-13H2,1-2H3,(H,30,36)(H,31,33)/t19-/m0/s1. The molecule has 1 atom stereocenters. The van der Waals surface area contributed by atoms with Crippen LogP contribution in [0.5, 0.6) is 0 Å². The largest absolute Gasteiger partial charge is 0.442 e. The summed E-state index contributed by atoms with van der Waals surface area (Å²) in [6, 6.07) is 15.8. The molecular weight excluding hydrogens is 613 g/mol. The molecule has 0 aromatic heterocycles. The second-order valence-electron chi connectivity index (χ2n) is 8.35. The van der Waals surface area contributed by atoms with Crippen LogP contribution in [0.25, 0.3) is 11.1 Å². The van der Waals surface area contributed by atoms with Gasteiger partial charge in [-0.2, -0.15) is 0 Å². The topological polar surface area (TPSA) is 70.7 Å². The number of thiocarbonyl (C=S) groups is 1. The van der Waals surface area contributed by atoms with Crippen LogP contribution in [-0.4, -0.2) is 30.3 Å². The molecule has 1 saturated heterocycles. The number of hydrogen-bond donors (Lipinski definition) is 2. The van der Waals surface area contributed by atoms with Crippen LogP contribution in [0.4, 0.5) is 26.2 Å². The number of carbonyl (C=O) groups excluding carboxylic acids is 1. The molecule has 3 aromatic carbocycles. The van der Waals surface area contributed by atoms with E-state index >= 15 is 4.39 Å². The number of rotatable bonds is 6. The summed E-state index contributed by atoms with van der Waals surface area (Å²) in [5, 5.41) is 5.87. The van der Waals surface area contributed by atoms with Gasteiger partial charge in [0.1, 0.15) is 17.6 Å². The number of aryl methyl sites for hydroxylation is 1. The van der Waals surface area contributed by atoms with Gasteiger partial charge < -0.3 is 15.4 Å². The molecule has 0 radical (unpaired) electrons. The Hall–Kier alpha value is -2.82. The Bertz CT molecular complexity index is 1400. The Balaban J connectivity index is 1.59. The number of nitrogens with one attached hydrogen (secondary N) is 2. The van der Waals surface area contributed by atoms with E-state index in [-0.39, 0.29) is 23.3 Å². The zero-order valence-electron chi connectivity index (χ0n) is 19.4. The van der Waals surface area contributed by atoms with Crippen molar-refractivity contribution in [1.29, 1.82) is 0 Å². The lowest BCUT2D eigenvalue weighted by atomic mass is 10.1. The molecule has 2 N–H and O–H groups in total. The first-order valence-corrected chi connectivity index (χ1v) is 13.0. The number of carbonyl (C=O) groups is 1. The normalized spacial score (nSPS) is 15.0. The molecule has 1 aliphatic rings. The minimum absolute atomic E-state index is 0.0913. The van der Waals surface area contributed by atoms with Gasteiger partial charge >= 0.3 is 6.09 Å². The summed E-state index contributed by atoms with van der Waals surface area (Å²) in [5.41, 5.74) is 3.16. The highest BCUT2D eigenvalue weighted by Crippen LogP contribution is 2.32. The van der Waals surface area contributed by atoms with Gasteiger partial charge in [-0.15, -0.1) is 0 Å². The third kappa shape index (κ3) is 5.93. The first kappa shape index (κ1) is 26.2. The van der Waals surface area contributed by atoms with Crippen LogP contribution in [0, 0.1) is 12.7 Å². The molecule has 1 aliphatic heterocycles. The summed E-state index contributed by atoms with van der Waals surface area (Å²) in [5.74, 6) is -0.621. The molecule has 36 heavy (non-hydrogen) atoms. The minimum Gasteiger partial charge on any atom is -0.442 e. The van der Waals surface area contributed by atoms with Crippen molar-refractivity contribution in [2.45, 2.75) is 20.0 Å². The van der Waals surface area contributed by atoms with Crippen LogP contribution in [0.3, 0.4) is 0 Å². The van der Waals surface area contributed by atoms with E-state index < -0.39 is 18.0 Å². The molecule has 0 aliphatic carbocycles. The van der Waals surface area contributed by atoms with Gasteiger partial charge in [-0.1, -0.05) is 42.0 Å². The van der Waals surface area contributed by atoms with Gasteiger partial charge in [0.25, 0.3) is 0 Å². The van der Waals surface area contributed by atoms with Gasteiger partial charge in [0.05, 0.1) is 33.9 Å². The van der Waals surface area contributed by atoms with Gasteiger partial charge in [0, 0.05) is 4.47 Å². The predicted octanol–water partition coefficient (Wildman–Crippen LogP) is 6.69. The molecule has 0 spiro atoms. The Labute approximate surface area is 230 Å². The number of nitrogens with zero attached hydrogens (tertiary/aromatic N) is 1. The molecule has 1 heterocycles. The minimum atomic E-state index is -0.621. The van der Waals surface area contributed by atoms with Crippen molar-refractivity contribution in [1.82, 2.24) is 5.32 Å². The van der Waals surface area contributed by atoms with Crippen molar-refractivity contribution >= 4 is 72.2 Å². The number of cyclic esters (lactones) is 1. The molecule has 1 fully saturated rings. The van der Waals surface area contributed by atoms with Crippen molar-refractivity contribution in [3.8, 4) is 11.1 Å². The molecular formula is C26H22Br2FN3O3S. The monoisotopic (exact) mass is 633 g/mol. The summed E-state index contributed by atoms with van der Waals surface area (Å²) in [6.45, 7) is 4.39. The SMILES string of the molecule is CC(=S)NC[C@H]1CN(c2ccc(Nc3c(Br)cc(-c4ccc(C)cc4)cc(Br)c3=O)c(F)c2)C(=O)O1. The Morgan fingerprint density at radius 1 is 1.08 bits per heavy atom. The van der Waals surface area contributed by atoms with Crippen molar-refractivity contribution in [2.24, 2.45) is 0 Å². The molecule has 6 nitrogen and oxygen atoms in total. The van der Waals surface area contributed by atoms with Crippen LogP contribution in [-0.2, 0) is 4.74 Å². The molecule has 4 rings (SSSR count). The smallest absolute Gasteiger partial charge is 0.414 e. The van der Waals surface area contributed by atoms with E-state index in [4.69, 9.17) is 17.0 Å². The zero-order chi connectivity index (χ0) is 26.0. The molecule has 10 heteroatoms. The van der Waals surface area contributed by atoms with Gasteiger partial charge in [-0.05, 0) is 87.2 Å².